The Labute approximate surface area is 114 Å². The van der Waals surface area contributed by atoms with Gasteiger partial charge in [0, 0.05) is 32.2 Å². The predicted molar refractivity (Wildman–Crippen MR) is 75.4 cm³/mol. The number of rotatable bonds is 9. The summed E-state index contributed by atoms with van der Waals surface area (Å²) in [5.41, 5.74) is 0.907. The fourth-order valence-corrected chi connectivity index (χ4v) is 2.10. The van der Waals surface area contributed by atoms with Gasteiger partial charge in [-0.05, 0) is 30.7 Å². The van der Waals surface area contributed by atoms with Crippen molar-refractivity contribution in [1.82, 2.24) is 0 Å². The fourth-order valence-electron chi connectivity index (χ4n) is 1.47. The standard InChI is InChI=1S/C13H21NO4S/c1-17-10-11-18-9-3-8-14-12-4-6-13(7-5-12)19(2,15)16/h4-7,14H,3,8-11H2,1-2H3. The number of nitrogens with one attached hydrogen (secondary N) is 1. The SMILES string of the molecule is COCCOCCCNc1ccc(S(C)(=O)=O)cc1. The Morgan fingerprint density at radius 3 is 2.37 bits per heavy atom. The molecule has 0 saturated carbocycles. The van der Waals surface area contributed by atoms with E-state index < -0.39 is 9.84 Å². The van der Waals surface area contributed by atoms with Gasteiger partial charge in [0.25, 0.3) is 0 Å². The van der Waals surface area contributed by atoms with Crippen molar-refractivity contribution in [3.05, 3.63) is 24.3 Å². The Morgan fingerprint density at radius 1 is 1.11 bits per heavy atom. The van der Waals surface area contributed by atoms with E-state index in [0.717, 1.165) is 18.7 Å². The van der Waals surface area contributed by atoms with E-state index in [1.54, 1.807) is 31.4 Å². The third kappa shape index (κ3) is 6.56. The second kappa shape index (κ2) is 8.14. The van der Waals surface area contributed by atoms with Crippen molar-refractivity contribution >= 4 is 15.5 Å². The molecule has 1 aromatic carbocycles. The summed E-state index contributed by atoms with van der Waals surface area (Å²) in [7, 11) is -1.47. The van der Waals surface area contributed by atoms with E-state index in [-0.39, 0.29) is 0 Å². The molecule has 1 aromatic rings. The molecule has 0 aromatic heterocycles. The van der Waals surface area contributed by atoms with Crippen LogP contribution >= 0.6 is 0 Å². The summed E-state index contributed by atoms with van der Waals surface area (Å²) < 4.78 is 32.8. The highest BCUT2D eigenvalue weighted by Crippen LogP contribution is 2.13. The summed E-state index contributed by atoms with van der Waals surface area (Å²) in [5, 5.41) is 3.21. The molecule has 0 aliphatic heterocycles. The van der Waals surface area contributed by atoms with Crippen molar-refractivity contribution in [2.45, 2.75) is 11.3 Å². The molecule has 0 saturated heterocycles. The van der Waals surface area contributed by atoms with Crippen molar-refractivity contribution in [3.63, 3.8) is 0 Å². The smallest absolute Gasteiger partial charge is 0.175 e. The largest absolute Gasteiger partial charge is 0.385 e. The quantitative estimate of drug-likeness (QED) is 0.698. The van der Waals surface area contributed by atoms with Gasteiger partial charge in [0.2, 0.25) is 0 Å². The lowest BCUT2D eigenvalue weighted by atomic mass is 10.3. The predicted octanol–water partition coefficient (Wildman–Crippen LogP) is 1.56. The van der Waals surface area contributed by atoms with E-state index in [9.17, 15) is 8.42 Å². The number of sulfone groups is 1. The van der Waals surface area contributed by atoms with E-state index in [0.29, 0.717) is 24.7 Å². The van der Waals surface area contributed by atoms with Gasteiger partial charge in [-0.15, -0.1) is 0 Å². The van der Waals surface area contributed by atoms with E-state index in [1.807, 2.05) is 0 Å². The van der Waals surface area contributed by atoms with Gasteiger partial charge < -0.3 is 14.8 Å². The second-order valence-electron chi connectivity index (χ2n) is 4.18. The zero-order chi connectivity index (χ0) is 14.1. The van der Waals surface area contributed by atoms with Crippen LogP contribution in [0.5, 0.6) is 0 Å². The van der Waals surface area contributed by atoms with Gasteiger partial charge in [-0.25, -0.2) is 8.42 Å². The summed E-state index contributed by atoms with van der Waals surface area (Å²) in [5.74, 6) is 0. The Hall–Kier alpha value is -1.11. The number of methoxy groups -OCH3 is 1. The third-order valence-electron chi connectivity index (χ3n) is 2.51. The molecule has 0 amide bonds. The van der Waals surface area contributed by atoms with Crippen LogP contribution in [-0.2, 0) is 19.3 Å². The molecule has 0 heterocycles. The Morgan fingerprint density at radius 2 is 1.79 bits per heavy atom. The van der Waals surface area contributed by atoms with Crippen LogP contribution < -0.4 is 5.32 Å². The van der Waals surface area contributed by atoms with Crippen LogP contribution in [0.4, 0.5) is 5.69 Å². The topological polar surface area (TPSA) is 64.6 Å². The first kappa shape index (κ1) is 15.9. The van der Waals surface area contributed by atoms with Crippen LogP contribution in [-0.4, -0.2) is 48.1 Å². The van der Waals surface area contributed by atoms with Crippen LogP contribution in [0.2, 0.25) is 0 Å². The summed E-state index contributed by atoms with van der Waals surface area (Å²) >= 11 is 0. The minimum absolute atomic E-state index is 0.334. The lowest BCUT2D eigenvalue weighted by molar-refractivity contribution is 0.0705. The molecular formula is C13H21NO4S. The minimum atomic E-state index is -3.12. The molecule has 0 radical (unpaired) electrons. The van der Waals surface area contributed by atoms with Gasteiger partial charge >= 0.3 is 0 Å². The van der Waals surface area contributed by atoms with Gasteiger partial charge in [-0.1, -0.05) is 0 Å². The highest BCUT2D eigenvalue weighted by Gasteiger charge is 2.05. The number of ether oxygens (including phenoxy) is 2. The highest BCUT2D eigenvalue weighted by molar-refractivity contribution is 7.90. The third-order valence-corrected chi connectivity index (χ3v) is 3.64. The Bertz CT molecular complexity index is 456. The second-order valence-corrected chi connectivity index (χ2v) is 6.20. The number of hydrogen-bond acceptors (Lipinski definition) is 5. The first-order valence-corrected chi connectivity index (χ1v) is 8.04. The van der Waals surface area contributed by atoms with Gasteiger partial charge in [0.05, 0.1) is 18.1 Å². The molecule has 0 aliphatic rings. The molecular weight excluding hydrogens is 266 g/mol. The van der Waals surface area contributed by atoms with E-state index in [2.05, 4.69) is 5.32 Å². The molecule has 6 heteroatoms. The molecule has 0 bridgehead atoms. The van der Waals surface area contributed by atoms with Gasteiger partial charge in [-0.2, -0.15) is 0 Å². The van der Waals surface area contributed by atoms with Crippen molar-refractivity contribution < 1.29 is 17.9 Å². The summed E-state index contributed by atoms with van der Waals surface area (Å²) in [4.78, 5) is 0.334. The summed E-state index contributed by atoms with van der Waals surface area (Å²) in [6, 6.07) is 6.74. The lowest BCUT2D eigenvalue weighted by Gasteiger charge is -2.07. The Kier molecular flexibility index (Phi) is 6.83. The van der Waals surface area contributed by atoms with E-state index in [4.69, 9.17) is 9.47 Å². The lowest BCUT2D eigenvalue weighted by Crippen LogP contribution is -2.08. The molecule has 0 aliphatic carbocycles. The van der Waals surface area contributed by atoms with Gasteiger partial charge in [0.15, 0.2) is 9.84 Å². The van der Waals surface area contributed by atoms with Gasteiger partial charge in [0.1, 0.15) is 0 Å². The van der Waals surface area contributed by atoms with Crippen LogP contribution in [0.1, 0.15) is 6.42 Å². The molecule has 0 spiro atoms. The Balaban J connectivity index is 2.23. The fraction of sp³-hybridized carbons (Fsp3) is 0.538. The molecule has 1 rings (SSSR count). The monoisotopic (exact) mass is 287 g/mol. The van der Waals surface area contributed by atoms with Crippen molar-refractivity contribution in [2.24, 2.45) is 0 Å². The van der Waals surface area contributed by atoms with Crippen LogP contribution in [0.3, 0.4) is 0 Å². The normalized spacial score (nSPS) is 11.5. The summed E-state index contributed by atoms with van der Waals surface area (Å²) in [6.45, 7) is 2.68. The zero-order valence-corrected chi connectivity index (χ0v) is 12.2. The highest BCUT2D eigenvalue weighted by atomic mass is 32.2. The van der Waals surface area contributed by atoms with Crippen molar-refractivity contribution in [2.75, 3.05) is 45.0 Å². The first-order valence-electron chi connectivity index (χ1n) is 6.14. The molecule has 0 atom stereocenters. The van der Waals surface area contributed by atoms with Gasteiger partial charge in [-0.3, -0.25) is 0 Å². The maximum absolute atomic E-state index is 11.3. The van der Waals surface area contributed by atoms with Crippen LogP contribution in [0, 0.1) is 0 Å². The van der Waals surface area contributed by atoms with Crippen molar-refractivity contribution in [1.29, 1.82) is 0 Å². The van der Waals surface area contributed by atoms with Crippen LogP contribution in [0.25, 0.3) is 0 Å². The average molecular weight is 287 g/mol. The molecule has 19 heavy (non-hydrogen) atoms. The first-order chi connectivity index (χ1) is 9.04. The number of anilines is 1. The average Bonchev–Trinajstić information content (AvgIpc) is 2.37. The maximum atomic E-state index is 11.3. The van der Waals surface area contributed by atoms with Crippen LogP contribution in [0.15, 0.2) is 29.2 Å². The zero-order valence-electron chi connectivity index (χ0n) is 11.4. The minimum Gasteiger partial charge on any atom is -0.385 e. The van der Waals surface area contributed by atoms with E-state index >= 15 is 0 Å². The maximum Gasteiger partial charge on any atom is 0.175 e. The molecule has 5 nitrogen and oxygen atoms in total. The molecule has 1 N–H and O–H groups in total. The number of benzene rings is 1. The number of hydrogen-bond donors (Lipinski definition) is 1. The van der Waals surface area contributed by atoms with E-state index in [1.165, 1.54) is 6.26 Å². The molecule has 0 fully saturated rings. The summed E-state index contributed by atoms with van der Waals surface area (Å²) in [6.07, 6.45) is 2.09. The molecule has 0 unspecified atom stereocenters. The molecule has 108 valence electrons. The van der Waals surface area contributed by atoms with Crippen molar-refractivity contribution in [3.8, 4) is 0 Å².